The molecule has 6 heavy (non-hydrogen) atoms. The second-order valence-corrected chi connectivity index (χ2v) is 0.914. The SMILES string of the molecule is [CH2]C/C=C/CF. The summed E-state index contributed by atoms with van der Waals surface area (Å²) in [6, 6.07) is 0. The Hall–Kier alpha value is -0.330. The predicted molar refractivity (Wildman–Crippen MR) is 25.1 cm³/mol. The molecule has 0 aromatic carbocycles. The zero-order valence-corrected chi connectivity index (χ0v) is 3.65. The zero-order valence-electron chi connectivity index (χ0n) is 3.65. The van der Waals surface area contributed by atoms with Gasteiger partial charge in [-0.3, -0.25) is 0 Å². The fourth-order valence-corrected chi connectivity index (χ4v) is 0.181. The fourth-order valence-electron chi connectivity index (χ4n) is 0.181. The standard InChI is InChI=1S/C5H8F/c1-2-3-4-5-6/h3-4H,1-2,5H2/b4-3+. The van der Waals surface area contributed by atoms with Crippen molar-refractivity contribution in [2.24, 2.45) is 0 Å². The molecule has 0 unspecified atom stereocenters. The number of alkyl halides is 1. The minimum absolute atomic E-state index is 0.366. The third kappa shape index (κ3) is 3.67. The fraction of sp³-hybridized carbons (Fsp3) is 0.400. The molecular weight excluding hydrogens is 79.1 g/mol. The quantitative estimate of drug-likeness (QED) is 0.450. The first-order valence-electron chi connectivity index (χ1n) is 1.92. The second-order valence-electron chi connectivity index (χ2n) is 0.914. The summed E-state index contributed by atoms with van der Waals surface area (Å²) in [5.74, 6) is 0. The molecule has 0 atom stereocenters. The highest BCUT2D eigenvalue weighted by Gasteiger charge is 1.62. The van der Waals surface area contributed by atoms with E-state index in [0.717, 1.165) is 0 Å². The third-order valence-electron chi connectivity index (χ3n) is 0.422. The molecule has 35 valence electrons. The van der Waals surface area contributed by atoms with E-state index in [4.69, 9.17) is 0 Å². The average Bonchev–Trinajstić information content (AvgIpc) is 1.61. The Morgan fingerprint density at radius 2 is 2.17 bits per heavy atom. The van der Waals surface area contributed by atoms with Crippen molar-refractivity contribution in [1.29, 1.82) is 0 Å². The van der Waals surface area contributed by atoms with E-state index in [1.807, 2.05) is 0 Å². The lowest BCUT2D eigenvalue weighted by molar-refractivity contribution is 0.561. The Balaban J connectivity index is 2.73. The number of allylic oxidation sites excluding steroid dienone is 2. The average molecular weight is 87.1 g/mol. The van der Waals surface area contributed by atoms with Gasteiger partial charge in [0.2, 0.25) is 0 Å². The Kier molecular flexibility index (Phi) is 4.41. The molecule has 0 heterocycles. The molecule has 0 saturated carbocycles. The van der Waals surface area contributed by atoms with Crippen molar-refractivity contribution in [2.75, 3.05) is 6.67 Å². The van der Waals surface area contributed by atoms with Crippen LogP contribution in [0, 0.1) is 6.92 Å². The van der Waals surface area contributed by atoms with Crippen LogP contribution in [0.15, 0.2) is 12.2 Å². The van der Waals surface area contributed by atoms with Crippen LogP contribution in [0.5, 0.6) is 0 Å². The molecule has 1 radical (unpaired) electrons. The van der Waals surface area contributed by atoms with Crippen LogP contribution in [-0.2, 0) is 0 Å². The van der Waals surface area contributed by atoms with E-state index in [2.05, 4.69) is 6.92 Å². The number of rotatable bonds is 2. The topological polar surface area (TPSA) is 0 Å². The van der Waals surface area contributed by atoms with E-state index in [9.17, 15) is 4.39 Å². The lowest BCUT2D eigenvalue weighted by Crippen LogP contribution is -1.58. The lowest BCUT2D eigenvalue weighted by Gasteiger charge is -1.70. The highest BCUT2D eigenvalue weighted by molar-refractivity contribution is 4.80. The number of hydrogen-bond acceptors (Lipinski definition) is 0. The summed E-state index contributed by atoms with van der Waals surface area (Å²) in [6.07, 6.45) is 3.83. The van der Waals surface area contributed by atoms with Gasteiger partial charge in [-0.1, -0.05) is 12.2 Å². The van der Waals surface area contributed by atoms with Crippen molar-refractivity contribution in [3.63, 3.8) is 0 Å². The summed E-state index contributed by atoms with van der Waals surface area (Å²) >= 11 is 0. The van der Waals surface area contributed by atoms with Gasteiger partial charge >= 0.3 is 0 Å². The maximum absolute atomic E-state index is 11.1. The molecular formula is C5H8F. The van der Waals surface area contributed by atoms with Gasteiger partial charge in [0.25, 0.3) is 0 Å². The molecule has 0 aromatic rings. The van der Waals surface area contributed by atoms with Crippen LogP contribution in [0.3, 0.4) is 0 Å². The zero-order chi connectivity index (χ0) is 4.83. The van der Waals surface area contributed by atoms with Crippen molar-refractivity contribution < 1.29 is 4.39 Å². The predicted octanol–water partition coefficient (Wildman–Crippen LogP) is 1.74. The van der Waals surface area contributed by atoms with Gasteiger partial charge in [0.1, 0.15) is 6.67 Å². The molecule has 0 aromatic heterocycles. The molecule has 0 aliphatic heterocycles. The van der Waals surface area contributed by atoms with Crippen molar-refractivity contribution in [3.05, 3.63) is 19.1 Å². The first-order valence-corrected chi connectivity index (χ1v) is 1.92. The summed E-state index contributed by atoms with van der Waals surface area (Å²) in [5, 5.41) is 0. The van der Waals surface area contributed by atoms with E-state index >= 15 is 0 Å². The Labute approximate surface area is 37.7 Å². The van der Waals surface area contributed by atoms with Crippen molar-refractivity contribution >= 4 is 0 Å². The molecule has 0 fully saturated rings. The van der Waals surface area contributed by atoms with Crippen LogP contribution >= 0.6 is 0 Å². The second kappa shape index (κ2) is 4.67. The summed E-state index contributed by atoms with van der Waals surface area (Å²) in [5.41, 5.74) is 0. The van der Waals surface area contributed by atoms with E-state index in [0.29, 0.717) is 6.42 Å². The van der Waals surface area contributed by atoms with Crippen LogP contribution < -0.4 is 0 Å². The molecule has 0 nitrogen and oxygen atoms in total. The van der Waals surface area contributed by atoms with E-state index in [1.165, 1.54) is 6.08 Å². The summed E-state index contributed by atoms with van der Waals surface area (Å²) in [6.45, 7) is 3.10. The van der Waals surface area contributed by atoms with Gasteiger partial charge in [-0.15, -0.1) is 0 Å². The molecule has 0 rings (SSSR count). The van der Waals surface area contributed by atoms with Crippen molar-refractivity contribution in [2.45, 2.75) is 6.42 Å². The normalized spacial score (nSPS) is 10.3. The van der Waals surface area contributed by atoms with Gasteiger partial charge in [-0.05, 0) is 13.3 Å². The van der Waals surface area contributed by atoms with E-state index < -0.39 is 0 Å². The van der Waals surface area contributed by atoms with Gasteiger partial charge < -0.3 is 0 Å². The molecule has 0 saturated heterocycles. The van der Waals surface area contributed by atoms with Crippen LogP contribution in [-0.4, -0.2) is 6.67 Å². The largest absolute Gasteiger partial charge is 0.247 e. The third-order valence-corrected chi connectivity index (χ3v) is 0.422. The van der Waals surface area contributed by atoms with Crippen LogP contribution in [0.4, 0.5) is 4.39 Å². The first kappa shape index (κ1) is 5.67. The van der Waals surface area contributed by atoms with Gasteiger partial charge in [0, 0.05) is 0 Å². The number of halogens is 1. The highest BCUT2D eigenvalue weighted by Crippen LogP contribution is 1.77. The van der Waals surface area contributed by atoms with E-state index in [1.54, 1.807) is 6.08 Å². The Morgan fingerprint density at radius 1 is 1.50 bits per heavy atom. The Bertz CT molecular complexity index is 33.2. The van der Waals surface area contributed by atoms with Crippen molar-refractivity contribution in [3.8, 4) is 0 Å². The summed E-state index contributed by atoms with van der Waals surface area (Å²) < 4.78 is 11.1. The van der Waals surface area contributed by atoms with Gasteiger partial charge in [-0.25, -0.2) is 4.39 Å². The molecule has 1 heteroatoms. The van der Waals surface area contributed by atoms with E-state index in [-0.39, 0.29) is 6.67 Å². The lowest BCUT2D eigenvalue weighted by atomic mass is 10.4. The Morgan fingerprint density at radius 3 is 2.33 bits per heavy atom. The maximum atomic E-state index is 11.1. The minimum atomic E-state index is -0.366. The van der Waals surface area contributed by atoms with Crippen LogP contribution in [0.1, 0.15) is 6.42 Å². The number of hydrogen-bond donors (Lipinski definition) is 0. The monoisotopic (exact) mass is 87.1 g/mol. The minimum Gasteiger partial charge on any atom is -0.247 e. The molecule has 0 aliphatic rings. The highest BCUT2D eigenvalue weighted by atomic mass is 19.1. The molecule has 0 amide bonds. The smallest absolute Gasteiger partial charge is 0.108 e. The van der Waals surface area contributed by atoms with Crippen molar-refractivity contribution in [1.82, 2.24) is 0 Å². The molecule has 0 N–H and O–H groups in total. The van der Waals surface area contributed by atoms with Crippen LogP contribution in [0.2, 0.25) is 0 Å². The summed E-state index contributed by atoms with van der Waals surface area (Å²) in [4.78, 5) is 0. The first-order chi connectivity index (χ1) is 2.91. The van der Waals surface area contributed by atoms with Gasteiger partial charge in [0.05, 0.1) is 0 Å². The van der Waals surface area contributed by atoms with Crippen LogP contribution in [0.25, 0.3) is 0 Å². The van der Waals surface area contributed by atoms with Gasteiger partial charge in [-0.2, -0.15) is 0 Å². The summed E-state index contributed by atoms with van der Waals surface area (Å²) in [7, 11) is 0. The molecule has 0 aliphatic carbocycles. The molecule has 0 bridgehead atoms. The maximum Gasteiger partial charge on any atom is 0.108 e. The van der Waals surface area contributed by atoms with Gasteiger partial charge in [0.15, 0.2) is 0 Å². The molecule has 0 spiro atoms.